The van der Waals surface area contributed by atoms with Gasteiger partial charge in [-0.1, -0.05) is 37.0 Å². The van der Waals surface area contributed by atoms with Crippen molar-refractivity contribution < 1.29 is 18.0 Å². The van der Waals surface area contributed by atoms with Gasteiger partial charge in [0.15, 0.2) is 0 Å². The van der Waals surface area contributed by atoms with Crippen molar-refractivity contribution in [2.75, 3.05) is 36.8 Å². The number of benzene rings is 2. The summed E-state index contributed by atoms with van der Waals surface area (Å²) in [6, 6.07) is 8.43. The molecule has 2 aromatic rings. The van der Waals surface area contributed by atoms with Gasteiger partial charge in [0.1, 0.15) is 0 Å². The minimum absolute atomic E-state index is 0.0141. The number of nitrogens with two attached hydrogens (primary N) is 1. The van der Waals surface area contributed by atoms with Crippen LogP contribution in [0.2, 0.25) is 10.0 Å². The van der Waals surface area contributed by atoms with Gasteiger partial charge in [0.2, 0.25) is 5.91 Å². The lowest BCUT2D eigenvalue weighted by Crippen LogP contribution is -2.49. The summed E-state index contributed by atoms with van der Waals surface area (Å²) in [5.74, 6) is 0.477. The number of halogens is 5. The van der Waals surface area contributed by atoms with Crippen molar-refractivity contribution in [1.29, 1.82) is 0 Å². The highest BCUT2D eigenvalue weighted by Gasteiger charge is 2.33. The normalized spacial score (nSPS) is 15.7. The number of rotatable bonds is 7. The monoisotopic (exact) mass is 533 g/mol. The van der Waals surface area contributed by atoms with E-state index in [9.17, 15) is 18.0 Å². The number of alkyl halides is 3. The van der Waals surface area contributed by atoms with Crippen LogP contribution in [0.1, 0.15) is 37.4 Å². The SMILES string of the molecule is CC(C)C[C@H](N)c1cc(C(F)(F)F)ccc1N1CCN(C(=O)CSc2ccc(Cl)cc2Cl)CC1. The number of amides is 1. The molecule has 0 unspecified atom stereocenters. The maximum absolute atomic E-state index is 13.3. The van der Waals surface area contributed by atoms with Gasteiger partial charge in [-0.3, -0.25) is 4.79 Å². The number of carbonyl (C=O) groups is 1. The van der Waals surface area contributed by atoms with Gasteiger partial charge in [0, 0.05) is 47.8 Å². The Morgan fingerprint density at radius 2 is 1.76 bits per heavy atom. The van der Waals surface area contributed by atoms with Gasteiger partial charge in [0.05, 0.1) is 16.3 Å². The number of thioether (sulfide) groups is 1. The van der Waals surface area contributed by atoms with Gasteiger partial charge in [-0.2, -0.15) is 13.2 Å². The van der Waals surface area contributed by atoms with Crippen LogP contribution in [0.15, 0.2) is 41.3 Å². The summed E-state index contributed by atoms with van der Waals surface area (Å²) < 4.78 is 40.0. The third kappa shape index (κ3) is 6.97. The molecule has 2 N–H and O–H groups in total. The molecule has 1 aliphatic heterocycles. The minimum Gasteiger partial charge on any atom is -0.368 e. The fourth-order valence-electron chi connectivity index (χ4n) is 3.97. The van der Waals surface area contributed by atoms with Gasteiger partial charge in [-0.25, -0.2) is 0 Å². The van der Waals surface area contributed by atoms with Crippen LogP contribution in [-0.2, 0) is 11.0 Å². The lowest BCUT2D eigenvalue weighted by atomic mass is 9.94. The van der Waals surface area contributed by atoms with E-state index < -0.39 is 17.8 Å². The second kappa shape index (κ2) is 11.4. The predicted octanol–water partition coefficient (Wildman–Crippen LogP) is 6.50. The zero-order valence-electron chi connectivity index (χ0n) is 19.0. The molecule has 0 bridgehead atoms. The average molecular weight is 534 g/mol. The quantitative estimate of drug-likeness (QED) is 0.412. The van der Waals surface area contributed by atoms with Gasteiger partial charge in [-0.15, -0.1) is 11.8 Å². The summed E-state index contributed by atoms with van der Waals surface area (Å²) in [5.41, 5.74) is 6.83. The molecule has 3 rings (SSSR count). The van der Waals surface area contributed by atoms with Crippen LogP contribution in [0.25, 0.3) is 0 Å². The molecule has 1 fully saturated rings. The first kappa shape index (κ1) is 27.0. The number of anilines is 1. The smallest absolute Gasteiger partial charge is 0.368 e. The highest BCUT2D eigenvalue weighted by atomic mass is 35.5. The second-order valence-corrected chi connectivity index (χ2v) is 10.6. The highest BCUT2D eigenvalue weighted by Crippen LogP contribution is 2.37. The summed E-state index contributed by atoms with van der Waals surface area (Å²) in [4.78, 5) is 17.3. The fourth-order valence-corrected chi connectivity index (χ4v) is 5.37. The zero-order chi connectivity index (χ0) is 25.0. The molecular weight excluding hydrogens is 506 g/mol. The molecule has 1 saturated heterocycles. The Morgan fingerprint density at radius 3 is 2.35 bits per heavy atom. The van der Waals surface area contributed by atoms with E-state index in [1.165, 1.54) is 23.9 Å². The molecular formula is C24H28Cl2F3N3OS. The summed E-state index contributed by atoms with van der Waals surface area (Å²) >= 11 is 13.4. The molecule has 34 heavy (non-hydrogen) atoms. The number of hydrogen-bond donors (Lipinski definition) is 1. The van der Waals surface area contributed by atoms with Crippen molar-refractivity contribution in [1.82, 2.24) is 4.90 Å². The molecule has 1 atom stereocenters. The van der Waals surface area contributed by atoms with E-state index in [2.05, 4.69) is 0 Å². The zero-order valence-corrected chi connectivity index (χ0v) is 21.4. The van der Waals surface area contributed by atoms with E-state index in [-0.39, 0.29) is 17.6 Å². The first-order valence-corrected chi connectivity index (χ1v) is 12.8. The van der Waals surface area contributed by atoms with Crippen LogP contribution in [-0.4, -0.2) is 42.7 Å². The molecule has 1 amide bonds. The van der Waals surface area contributed by atoms with Crippen molar-refractivity contribution in [3.8, 4) is 0 Å². The third-order valence-corrected chi connectivity index (χ3v) is 7.42. The molecule has 10 heteroatoms. The first-order valence-electron chi connectivity index (χ1n) is 11.0. The molecule has 0 spiro atoms. The predicted molar refractivity (Wildman–Crippen MR) is 134 cm³/mol. The van der Waals surface area contributed by atoms with E-state index in [0.29, 0.717) is 53.9 Å². The van der Waals surface area contributed by atoms with E-state index in [0.717, 1.165) is 11.0 Å². The number of carbonyl (C=O) groups excluding carboxylic acids is 1. The van der Waals surface area contributed by atoms with E-state index in [1.54, 1.807) is 23.1 Å². The Bertz CT molecular complexity index is 1010. The second-order valence-electron chi connectivity index (χ2n) is 8.74. The molecule has 1 heterocycles. The molecule has 0 aliphatic carbocycles. The van der Waals surface area contributed by atoms with E-state index >= 15 is 0 Å². The van der Waals surface area contributed by atoms with Crippen molar-refractivity contribution in [2.24, 2.45) is 11.7 Å². The molecule has 4 nitrogen and oxygen atoms in total. The molecule has 0 radical (unpaired) electrons. The maximum Gasteiger partial charge on any atom is 0.416 e. The molecule has 0 aromatic heterocycles. The van der Waals surface area contributed by atoms with Crippen LogP contribution >= 0.6 is 35.0 Å². The maximum atomic E-state index is 13.3. The van der Waals surface area contributed by atoms with Crippen LogP contribution in [0.3, 0.4) is 0 Å². The Labute approximate surface area is 212 Å². The fraction of sp³-hybridized carbons (Fsp3) is 0.458. The number of nitrogens with zero attached hydrogens (tertiary/aromatic N) is 2. The average Bonchev–Trinajstić information content (AvgIpc) is 2.77. The Kier molecular flexibility index (Phi) is 9.06. The molecule has 2 aromatic carbocycles. The number of piperazine rings is 1. The van der Waals surface area contributed by atoms with Crippen molar-refractivity contribution in [2.45, 2.75) is 37.4 Å². The summed E-state index contributed by atoms with van der Waals surface area (Å²) in [7, 11) is 0. The van der Waals surface area contributed by atoms with Crippen LogP contribution in [0.5, 0.6) is 0 Å². The summed E-state index contributed by atoms with van der Waals surface area (Å²) in [6.45, 7) is 5.98. The minimum atomic E-state index is -4.43. The van der Waals surface area contributed by atoms with Crippen molar-refractivity contribution in [3.63, 3.8) is 0 Å². The van der Waals surface area contributed by atoms with Gasteiger partial charge in [0.25, 0.3) is 0 Å². The van der Waals surface area contributed by atoms with Crippen LogP contribution in [0.4, 0.5) is 18.9 Å². The first-order chi connectivity index (χ1) is 16.0. The summed E-state index contributed by atoms with van der Waals surface area (Å²) in [5, 5.41) is 1.04. The topological polar surface area (TPSA) is 49.6 Å². The van der Waals surface area contributed by atoms with Crippen molar-refractivity contribution >= 4 is 46.6 Å². The third-order valence-electron chi connectivity index (χ3n) is 5.70. The lowest BCUT2D eigenvalue weighted by molar-refractivity contribution is -0.137. The molecule has 1 aliphatic rings. The van der Waals surface area contributed by atoms with Gasteiger partial charge >= 0.3 is 6.18 Å². The largest absolute Gasteiger partial charge is 0.416 e. The van der Waals surface area contributed by atoms with Crippen molar-refractivity contribution in [3.05, 3.63) is 57.6 Å². The summed E-state index contributed by atoms with van der Waals surface area (Å²) in [6.07, 6.45) is -3.85. The van der Waals surface area contributed by atoms with E-state index in [4.69, 9.17) is 28.9 Å². The number of hydrogen-bond acceptors (Lipinski definition) is 4. The van der Waals surface area contributed by atoms with E-state index in [1.807, 2.05) is 18.7 Å². The van der Waals surface area contributed by atoms with Crippen LogP contribution < -0.4 is 10.6 Å². The van der Waals surface area contributed by atoms with Gasteiger partial charge < -0.3 is 15.5 Å². The molecule has 0 saturated carbocycles. The Hall–Kier alpha value is -1.61. The molecule has 186 valence electrons. The van der Waals surface area contributed by atoms with Gasteiger partial charge in [-0.05, 0) is 54.3 Å². The van der Waals surface area contributed by atoms with Crippen LogP contribution in [0, 0.1) is 5.92 Å². The lowest BCUT2D eigenvalue weighted by Gasteiger charge is -2.38. The highest BCUT2D eigenvalue weighted by molar-refractivity contribution is 8.00. The Balaban J connectivity index is 1.67. The Morgan fingerprint density at radius 1 is 1.09 bits per heavy atom. The standard InChI is InChI=1S/C24H28Cl2F3N3OS/c1-15(2)11-20(30)18-12-16(24(27,28)29)3-5-21(18)31-7-9-32(10-8-31)23(33)14-34-22-6-4-17(25)13-19(22)26/h3-6,12-13,15,20H,7-11,14,30H2,1-2H3/t20-/m0/s1.